The Bertz CT molecular complexity index is 682. The van der Waals surface area contributed by atoms with E-state index >= 15 is 0 Å². The van der Waals surface area contributed by atoms with Crippen LogP contribution >= 0.6 is 11.6 Å². The molecule has 1 aromatic heterocycles. The van der Waals surface area contributed by atoms with Crippen LogP contribution in [0.1, 0.15) is 38.1 Å². The molecule has 1 aromatic carbocycles. The maximum atomic E-state index is 6.20. The maximum absolute atomic E-state index is 6.20. The number of likely N-dealkylation sites (N-methyl/N-ethyl adjacent to an activating group) is 1. The third kappa shape index (κ3) is 2.94. The van der Waals surface area contributed by atoms with E-state index in [9.17, 15) is 0 Å². The number of anilines is 1. The first kappa shape index (κ1) is 15.3. The highest BCUT2D eigenvalue weighted by Crippen LogP contribution is 2.36. The first-order valence-electron chi connectivity index (χ1n) is 8.83. The predicted octanol–water partition coefficient (Wildman–Crippen LogP) is 3.95. The number of aromatic nitrogens is 2. The lowest BCUT2D eigenvalue weighted by molar-refractivity contribution is 0.305. The third-order valence-electron chi connectivity index (χ3n) is 5.36. The Morgan fingerprint density at radius 2 is 1.78 bits per heavy atom. The average molecular weight is 333 g/mol. The van der Waals surface area contributed by atoms with Crippen molar-refractivity contribution in [2.24, 2.45) is 0 Å². The highest BCUT2D eigenvalue weighted by Gasteiger charge is 2.26. The first-order valence-corrected chi connectivity index (χ1v) is 9.21. The summed E-state index contributed by atoms with van der Waals surface area (Å²) in [5.74, 6) is 1.15. The van der Waals surface area contributed by atoms with Crippen LogP contribution in [0.2, 0.25) is 5.02 Å². The lowest BCUT2D eigenvalue weighted by Crippen LogP contribution is -2.45. The predicted molar refractivity (Wildman–Crippen MR) is 96.6 cm³/mol. The molecule has 2 aliphatic rings. The zero-order chi connectivity index (χ0) is 15.8. The molecule has 1 aliphatic carbocycles. The van der Waals surface area contributed by atoms with Crippen LogP contribution in [0.15, 0.2) is 18.2 Å². The summed E-state index contributed by atoms with van der Waals surface area (Å²) >= 11 is 6.20. The molecule has 5 heteroatoms. The van der Waals surface area contributed by atoms with Crippen molar-refractivity contribution in [2.45, 2.75) is 38.1 Å². The maximum Gasteiger partial charge on any atom is 0.206 e. The summed E-state index contributed by atoms with van der Waals surface area (Å²) in [4.78, 5) is 9.83. The standard InChI is InChI=1S/C18H25ClN4/c1-21-9-11-22(12-10-21)18-20-16-13-14(19)7-8-17(16)23(18)15-5-3-2-4-6-15/h7-8,13,15H,2-6,9-12H2,1H3. The fourth-order valence-corrected chi connectivity index (χ4v) is 4.15. The van der Waals surface area contributed by atoms with Crippen LogP contribution in [0.3, 0.4) is 0 Å². The molecule has 1 saturated carbocycles. The van der Waals surface area contributed by atoms with Gasteiger partial charge in [0.15, 0.2) is 0 Å². The minimum absolute atomic E-state index is 0.588. The molecule has 1 saturated heterocycles. The van der Waals surface area contributed by atoms with Crippen LogP contribution in [0, 0.1) is 0 Å². The molecule has 23 heavy (non-hydrogen) atoms. The molecule has 2 fully saturated rings. The molecule has 124 valence electrons. The molecule has 2 heterocycles. The molecule has 0 radical (unpaired) electrons. The monoisotopic (exact) mass is 332 g/mol. The highest BCUT2D eigenvalue weighted by molar-refractivity contribution is 6.31. The molecule has 1 aliphatic heterocycles. The van der Waals surface area contributed by atoms with Gasteiger partial charge in [0.25, 0.3) is 0 Å². The second-order valence-corrected chi connectivity index (χ2v) is 7.43. The second-order valence-electron chi connectivity index (χ2n) is 7.00. The van der Waals surface area contributed by atoms with E-state index < -0.39 is 0 Å². The lowest BCUT2D eigenvalue weighted by atomic mass is 9.95. The van der Waals surface area contributed by atoms with Crippen LogP contribution < -0.4 is 4.90 Å². The fraction of sp³-hybridized carbons (Fsp3) is 0.611. The van der Waals surface area contributed by atoms with Crippen LogP contribution in [0.25, 0.3) is 11.0 Å². The molecule has 0 N–H and O–H groups in total. The molecule has 0 spiro atoms. The summed E-state index contributed by atoms with van der Waals surface area (Å²) in [6.07, 6.45) is 6.59. The minimum atomic E-state index is 0.588. The third-order valence-corrected chi connectivity index (χ3v) is 5.59. The SMILES string of the molecule is CN1CCN(c2nc3cc(Cl)ccc3n2C2CCCCC2)CC1. The van der Waals surface area contributed by atoms with Gasteiger partial charge in [-0.05, 0) is 38.1 Å². The van der Waals surface area contributed by atoms with Crippen molar-refractivity contribution in [1.29, 1.82) is 0 Å². The van der Waals surface area contributed by atoms with Crippen molar-refractivity contribution in [3.05, 3.63) is 23.2 Å². The van der Waals surface area contributed by atoms with Gasteiger partial charge in [-0.25, -0.2) is 4.98 Å². The Hall–Kier alpha value is -1.26. The number of hydrogen-bond acceptors (Lipinski definition) is 3. The molecule has 0 bridgehead atoms. The molecule has 0 unspecified atom stereocenters. The van der Waals surface area contributed by atoms with Crippen molar-refractivity contribution < 1.29 is 0 Å². The largest absolute Gasteiger partial charge is 0.340 e. The van der Waals surface area contributed by atoms with Crippen molar-refractivity contribution >= 4 is 28.6 Å². The van der Waals surface area contributed by atoms with Crippen molar-refractivity contribution in [3.63, 3.8) is 0 Å². The molecular weight excluding hydrogens is 308 g/mol. The molecule has 2 aromatic rings. The molecular formula is C18H25ClN4. The van der Waals surface area contributed by atoms with E-state index in [0.717, 1.165) is 42.7 Å². The van der Waals surface area contributed by atoms with E-state index in [0.29, 0.717) is 6.04 Å². The number of piperazine rings is 1. The topological polar surface area (TPSA) is 24.3 Å². The van der Waals surface area contributed by atoms with E-state index in [2.05, 4.69) is 27.5 Å². The summed E-state index contributed by atoms with van der Waals surface area (Å²) < 4.78 is 2.51. The molecule has 0 amide bonds. The Balaban J connectivity index is 1.77. The number of nitrogens with zero attached hydrogens (tertiary/aromatic N) is 4. The molecule has 4 nitrogen and oxygen atoms in total. The molecule has 4 rings (SSSR count). The van der Waals surface area contributed by atoms with Crippen LogP contribution in [0.4, 0.5) is 5.95 Å². The number of hydrogen-bond donors (Lipinski definition) is 0. The normalized spacial score (nSPS) is 21.2. The highest BCUT2D eigenvalue weighted by atomic mass is 35.5. The van der Waals surface area contributed by atoms with E-state index in [1.807, 2.05) is 12.1 Å². The number of halogens is 1. The van der Waals surface area contributed by atoms with Crippen LogP contribution in [-0.2, 0) is 0 Å². The van der Waals surface area contributed by atoms with E-state index in [-0.39, 0.29) is 0 Å². The van der Waals surface area contributed by atoms with Gasteiger partial charge in [0.05, 0.1) is 11.0 Å². The van der Waals surface area contributed by atoms with Gasteiger partial charge in [-0.3, -0.25) is 0 Å². The summed E-state index contributed by atoms with van der Waals surface area (Å²) in [5.41, 5.74) is 2.28. The summed E-state index contributed by atoms with van der Waals surface area (Å²) in [7, 11) is 2.20. The second kappa shape index (κ2) is 6.33. The van der Waals surface area contributed by atoms with Crippen molar-refractivity contribution in [1.82, 2.24) is 14.5 Å². The quantitative estimate of drug-likeness (QED) is 0.832. The minimum Gasteiger partial charge on any atom is -0.340 e. The summed E-state index contributed by atoms with van der Waals surface area (Å²) in [5, 5.41) is 0.774. The fourth-order valence-electron chi connectivity index (χ4n) is 3.99. The lowest BCUT2D eigenvalue weighted by Gasteiger charge is -2.35. The average Bonchev–Trinajstić information content (AvgIpc) is 2.94. The summed E-state index contributed by atoms with van der Waals surface area (Å²) in [6, 6.07) is 6.75. The summed E-state index contributed by atoms with van der Waals surface area (Å²) in [6.45, 7) is 4.32. The number of rotatable bonds is 2. The zero-order valence-electron chi connectivity index (χ0n) is 13.8. The van der Waals surface area contributed by atoms with Gasteiger partial charge in [-0.1, -0.05) is 30.9 Å². The van der Waals surface area contributed by atoms with Crippen LogP contribution in [0.5, 0.6) is 0 Å². The van der Waals surface area contributed by atoms with Crippen LogP contribution in [-0.4, -0.2) is 47.7 Å². The van der Waals surface area contributed by atoms with Gasteiger partial charge in [0.2, 0.25) is 5.95 Å². The zero-order valence-corrected chi connectivity index (χ0v) is 14.6. The van der Waals surface area contributed by atoms with Crippen molar-refractivity contribution in [3.8, 4) is 0 Å². The van der Waals surface area contributed by atoms with Crippen molar-refractivity contribution in [2.75, 3.05) is 38.1 Å². The smallest absolute Gasteiger partial charge is 0.206 e. The Morgan fingerprint density at radius 3 is 2.52 bits per heavy atom. The van der Waals surface area contributed by atoms with E-state index in [1.165, 1.54) is 37.6 Å². The molecule has 0 atom stereocenters. The van der Waals surface area contributed by atoms with Gasteiger partial charge < -0.3 is 14.4 Å². The number of benzene rings is 1. The van der Waals surface area contributed by atoms with Gasteiger partial charge in [-0.2, -0.15) is 0 Å². The number of fused-ring (bicyclic) bond motifs is 1. The van der Waals surface area contributed by atoms with E-state index in [1.54, 1.807) is 0 Å². The van der Waals surface area contributed by atoms with Gasteiger partial charge in [0, 0.05) is 37.2 Å². The van der Waals surface area contributed by atoms with Gasteiger partial charge >= 0.3 is 0 Å². The van der Waals surface area contributed by atoms with E-state index in [4.69, 9.17) is 16.6 Å². The number of imidazole rings is 1. The Labute approximate surface area is 143 Å². The van der Waals surface area contributed by atoms with Gasteiger partial charge in [-0.15, -0.1) is 0 Å². The van der Waals surface area contributed by atoms with Gasteiger partial charge in [0.1, 0.15) is 0 Å². The Morgan fingerprint density at radius 1 is 1.04 bits per heavy atom. The first-order chi connectivity index (χ1) is 11.2. The Kier molecular flexibility index (Phi) is 4.20.